The monoisotopic (exact) mass is 265 g/mol. The molecule has 1 aliphatic rings. The van der Waals surface area contributed by atoms with E-state index in [1.807, 2.05) is 24.3 Å². The van der Waals surface area contributed by atoms with Gasteiger partial charge in [-0.05, 0) is 56.0 Å². The molecular formula is C15H20ClNO. The highest BCUT2D eigenvalue weighted by Crippen LogP contribution is 2.17. The summed E-state index contributed by atoms with van der Waals surface area (Å²) in [5, 5.41) is 4.09. The molecule has 98 valence electrons. The number of benzene rings is 1. The lowest BCUT2D eigenvalue weighted by Gasteiger charge is -2.22. The standard InChI is InChI=1S/C15H20ClNO/c16-14-5-1-3-13(9-14)10-15(18)7-6-12-4-2-8-17-11-12/h1,3,5,9,12,17H,2,4,6-8,10-11H2. The molecule has 3 heteroatoms. The van der Waals surface area contributed by atoms with Gasteiger partial charge < -0.3 is 5.32 Å². The minimum absolute atomic E-state index is 0.322. The molecule has 1 aliphatic heterocycles. The molecule has 0 amide bonds. The van der Waals surface area contributed by atoms with Gasteiger partial charge in [0.25, 0.3) is 0 Å². The van der Waals surface area contributed by atoms with Crippen LogP contribution < -0.4 is 5.32 Å². The number of rotatable bonds is 5. The zero-order valence-electron chi connectivity index (χ0n) is 10.6. The van der Waals surface area contributed by atoms with Crippen LogP contribution in [0.25, 0.3) is 0 Å². The molecule has 0 bridgehead atoms. The van der Waals surface area contributed by atoms with Crippen molar-refractivity contribution >= 4 is 17.4 Å². The van der Waals surface area contributed by atoms with Crippen LogP contribution in [0.4, 0.5) is 0 Å². The number of nitrogens with one attached hydrogen (secondary N) is 1. The molecule has 0 aromatic heterocycles. The molecule has 1 atom stereocenters. The maximum absolute atomic E-state index is 11.9. The van der Waals surface area contributed by atoms with Crippen LogP contribution in [-0.2, 0) is 11.2 Å². The molecule has 1 aromatic carbocycles. The summed E-state index contributed by atoms with van der Waals surface area (Å²) in [4.78, 5) is 11.9. The van der Waals surface area contributed by atoms with E-state index >= 15 is 0 Å². The first-order valence-electron chi connectivity index (χ1n) is 6.71. The summed E-state index contributed by atoms with van der Waals surface area (Å²) in [6.07, 6.45) is 4.73. The summed E-state index contributed by atoms with van der Waals surface area (Å²) in [6.45, 7) is 2.21. The van der Waals surface area contributed by atoms with Crippen LogP contribution in [0.5, 0.6) is 0 Å². The summed E-state index contributed by atoms with van der Waals surface area (Å²) in [5.74, 6) is 1.00. The van der Waals surface area contributed by atoms with E-state index in [1.165, 1.54) is 12.8 Å². The van der Waals surface area contributed by atoms with Crippen molar-refractivity contribution < 1.29 is 4.79 Å². The number of Topliss-reactive ketones (excluding diaryl/α,β-unsaturated/α-hetero) is 1. The van der Waals surface area contributed by atoms with Crippen LogP contribution in [0.3, 0.4) is 0 Å². The molecule has 18 heavy (non-hydrogen) atoms. The molecule has 0 aliphatic carbocycles. The minimum Gasteiger partial charge on any atom is -0.316 e. The quantitative estimate of drug-likeness (QED) is 0.886. The van der Waals surface area contributed by atoms with Crippen molar-refractivity contribution in [3.8, 4) is 0 Å². The van der Waals surface area contributed by atoms with E-state index < -0.39 is 0 Å². The highest BCUT2D eigenvalue weighted by Gasteiger charge is 2.14. The Morgan fingerprint density at radius 1 is 1.44 bits per heavy atom. The molecule has 1 aromatic rings. The molecule has 0 radical (unpaired) electrons. The van der Waals surface area contributed by atoms with E-state index in [-0.39, 0.29) is 0 Å². The van der Waals surface area contributed by atoms with Crippen LogP contribution in [-0.4, -0.2) is 18.9 Å². The van der Waals surface area contributed by atoms with Crippen molar-refractivity contribution in [3.63, 3.8) is 0 Å². The van der Waals surface area contributed by atoms with E-state index in [1.54, 1.807) is 0 Å². The van der Waals surface area contributed by atoms with Gasteiger partial charge in [-0.1, -0.05) is 23.7 Å². The summed E-state index contributed by atoms with van der Waals surface area (Å²) in [5.41, 5.74) is 1.02. The van der Waals surface area contributed by atoms with Gasteiger partial charge in [-0.3, -0.25) is 4.79 Å². The normalized spacial score (nSPS) is 19.7. The lowest BCUT2D eigenvalue weighted by atomic mass is 9.92. The molecule has 0 spiro atoms. The van der Waals surface area contributed by atoms with Crippen LogP contribution in [0, 0.1) is 5.92 Å². The van der Waals surface area contributed by atoms with Gasteiger partial charge in [0.05, 0.1) is 0 Å². The molecule has 0 saturated carbocycles. The van der Waals surface area contributed by atoms with Crippen LogP contribution in [0.1, 0.15) is 31.2 Å². The first kappa shape index (κ1) is 13.6. The Hall–Kier alpha value is -0.860. The van der Waals surface area contributed by atoms with Crippen molar-refractivity contribution in [3.05, 3.63) is 34.9 Å². The summed E-state index contributed by atoms with van der Waals surface area (Å²) in [6, 6.07) is 7.58. The van der Waals surface area contributed by atoms with E-state index in [9.17, 15) is 4.79 Å². The average molecular weight is 266 g/mol. The van der Waals surface area contributed by atoms with Crippen molar-refractivity contribution in [1.82, 2.24) is 5.32 Å². The summed E-state index contributed by atoms with van der Waals surface area (Å²) < 4.78 is 0. The van der Waals surface area contributed by atoms with Gasteiger partial charge in [0.1, 0.15) is 5.78 Å². The highest BCUT2D eigenvalue weighted by atomic mass is 35.5. The number of carbonyl (C=O) groups is 1. The smallest absolute Gasteiger partial charge is 0.137 e. The van der Waals surface area contributed by atoms with Gasteiger partial charge in [0.15, 0.2) is 0 Å². The first-order valence-corrected chi connectivity index (χ1v) is 7.08. The molecule has 1 fully saturated rings. The average Bonchev–Trinajstić information content (AvgIpc) is 2.38. The Morgan fingerprint density at radius 3 is 3.06 bits per heavy atom. The van der Waals surface area contributed by atoms with Gasteiger partial charge in [-0.15, -0.1) is 0 Å². The number of piperidine rings is 1. The van der Waals surface area contributed by atoms with Crippen molar-refractivity contribution in [2.45, 2.75) is 32.1 Å². The number of hydrogen-bond acceptors (Lipinski definition) is 2. The predicted molar refractivity (Wildman–Crippen MR) is 75.0 cm³/mol. The second-order valence-electron chi connectivity index (χ2n) is 5.10. The van der Waals surface area contributed by atoms with Gasteiger partial charge >= 0.3 is 0 Å². The Bertz CT molecular complexity index is 399. The third-order valence-electron chi connectivity index (χ3n) is 3.52. The van der Waals surface area contributed by atoms with Gasteiger partial charge in [-0.2, -0.15) is 0 Å². The third-order valence-corrected chi connectivity index (χ3v) is 3.76. The summed E-state index contributed by atoms with van der Waals surface area (Å²) >= 11 is 5.91. The van der Waals surface area contributed by atoms with Crippen molar-refractivity contribution in [2.24, 2.45) is 5.92 Å². The molecule has 1 unspecified atom stereocenters. The fraction of sp³-hybridized carbons (Fsp3) is 0.533. The fourth-order valence-corrected chi connectivity index (χ4v) is 2.71. The molecule has 1 heterocycles. The van der Waals surface area contributed by atoms with Crippen molar-refractivity contribution in [1.29, 1.82) is 0 Å². The molecular weight excluding hydrogens is 246 g/mol. The number of carbonyl (C=O) groups excluding carboxylic acids is 1. The van der Waals surface area contributed by atoms with Crippen molar-refractivity contribution in [2.75, 3.05) is 13.1 Å². The Kier molecular flexibility index (Phi) is 5.21. The maximum atomic E-state index is 11.9. The number of ketones is 1. The van der Waals surface area contributed by atoms with Crippen LogP contribution in [0.2, 0.25) is 5.02 Å². The van der Waals surface area contributed by atoms with Gasteiger partial charge in [-0.25, -0.2) is 0 Å². The first-order chi connectivity index (χ1) is 8.74. The van der Waals surface area contributed by atoms with E-state index in [4.69, 9.17) is 11.6 Å². The van der Waals surface area contributed by atoms with E-state index in [2.05, 4.69) is 5.32 Å². The SMILES string of the molecule is O=C(CCC1CCCNC1)Cc1cccc(Cl)c1. The third kappa shape index (κ3) is 4.43. The minimum atomic E-state index is 0.322. The lowest BCUT2D eigenvalue weighted by molar-refractivity contribution is -0.118. The van der Waals surface area contributed by atoms with Crippen LogP contribution >= 0.6 is 11.6 Å². The Balaban J connectivity index is 1.74. The van der Waals surface area contributed by atoms with E-state index in [0.717, 1.165) is 25.1 Å². The van der Waals surface area contributed by atoms with E-state index in [0.29, 0.717) is 29.6 Å². The molecule has 1 saturated heterocycles. The Labute approximate surface area is 114 Å². The fourth-order valence-electron chi connectivity index (χ4n) is 2.50. The zero-order valence-corrected chi connectivity index (χ0v) is 11.4. The Morgan fingerprint density at radius 2 is 2.33 bits per heavy atom. The van der Waals surface area contributed by atoms with Gasteiger partial charge in [0, 0.05) is 17.9 Å². The topological polar surface area (TPSA) is 29.1 Å². The predicted octanol–water partition coefficient (Wildman–Crippen LogP) is 3.23. The second-order valence-corrected chi connectivity index (χ2v) is 5.53. The number of hydrogen-bond donors (Lipinski definition) is 1. The highest BCUT2D eigenvalue weighted by molar-refractivity contribution is 6.30. The number of halogens is 1. The maximum Gasteiger partial charge on any atom is 0.137 e. The largest absolute Gasteiger partial charge is 0.316 e. The molecule has 1 N–H and O–H groups in total. The van der Waals surface area contributed by atoms with Crippen LogP contribution in [0.15, 0.2) is 24.3 Å². The zero-order chi connectivity index (χ0) is 12.8. The molecule has 2 nitrogen and oxygen atoms in total. The molecule has 2 rings (SSSR count). The summed E-state index contributed by atoms with van der Waals surface area (Å²) in [7, 11) is 0. The lowest BCUT2D eigenvalue weighted by Crippen LogP contribution is -2.30. The second kappa shape index (κ2) is 6.91. The van der Waals surface area contributed by atoms with Gasteiger partial charge in [0.2, 0.25) is 0 Å².